The molecule has 0 aliphatic heterocycles. The van der Waals surface area contributed by atoms with Crippen LogP contribution in [-0.4, -0.2) is 35.9 Å². The first-order valence-corrected chi connectivity index (χ1v) is 6.28. The van der Waals surface area contributed by atoms with E-state index in [9.17, 15) is 4.79 Å². The van der Waals surface area contributed by atoms with Gasteiger partial charge in [-0.1, -0.05) is 5.21 Å². The molecule has 7 nitrogen and oxygen atoms in total. The summed E-state index contributed by atoms with van der Waals surface area (Å²) in [5, 5.41) is 21.2. The molecular formula is C13H13N5O2. The Morgan fingerprint density at radius 3 is 2.95 bits per heavy atom. The molecule has 102 valence electrons. The number of fused-ring (bicyclic) bond motifs is 1. The molecule has 0 radical (unpaired) electrons. The van der Waals surface area contributed by atoms with E-state index in [-0.39, 0.29) is 5.56 Å². The number of aryl methyl sites for hydroxylation is 2. The fraction of sp³-hybridized carbons (Fsp3) is 0.231. The third kappa shape index (κ3) is 2.37. The Kier molecular flexibility index (Phi) is 3.16. The van der Waals surface area contributed by atoms with Crippen LogP contribution in [0.25, 0.3) is 11.0 Å². The van der Waals surface area contributed by atoms with Crippen LogP contribution in [0, 0.1) is 0 Å². The fourth-order valence-corrected chi connectivity index (χ4v) is 2.08. The van der Waals surface area contributed by atoms with E-state index < -0.39 is 5.97 Å². The molecule has 0 amide bonds. The lowest BCUT2D eigenvalue weighted by molar-refractivity contribution is 0.0697. The predicted octanol–water partition coefficient (Wildman–Crippen LogP) is 1.42. The van der Waals surface area contributed by atoms with Crippen molar-refractivity contribution in [2.45, 2.75) is 19.5 Å². The summed E-state index contributed by atoms with van der Waals surface area (Å²) in [6.07, 6.45) is 4.49. The normalized spacial score (nSPS) is 11.0. The summed E-state index contributed by atoms with van der Waals surface area (Å²) < 4.78 is 3.58. The molecular weight excluding hydrogens is 258 g/mol. The third-order valence-corrected chi connectivity index (χ3v) is 3.08. The first-order valence-electron chi connectivity index (χ1n) is 6.28. The highest BCUT2D eigenvalue weighted by Crippen LogP contribution is 2.14. The monoisotopic (exact) mass is 271 g/mol. The lowest BCUT2D eigenvalue weighted by atomic mass is 10.2. The summed E-state index contributed by atoms with van der Waals surface area (Å²) >= 11 is 0. The molecule has 1 N–H and O–H groups in total. The standard InChI is InChI=1S/C13H13N5O2/c19-13(20)10-3-4-11-12(9-10)18(16-15-11)8-2-7-17-6-1-5-14-17/h1,3-6,9H,2,7-8H2,(H,19,20). The van der Waals surface area contributed by atoms with Gasteiger partial charge in [-0.25, -0.2) is 9.48 Å². The minimum absolute atomic E-state index is 0.244. The Labute approximate surface area is 114 Å². The van der Waals surface area contributed by atoms with Crippen molar-refractivity contribution >= 4 is 17.0 Å². The van der Waals surface area contributed by atoms with Crippen LogP contribution in [0.5, 0.6) is 0 Å². The van der Waals surface area contributed by atoms with E-state index in [0.717, 1.165) is 18.5 Å². The summed E-state index contributed by atoms with van der Waals surface area (Å²) in [6.45, 7) is 1.45. The van der Waals surface area contributed by atoms with Gasteiger partial charge in [-0.15, -0.1) is 5.10 Å². The quantitative estimate of drug-likeness (QED) is 0.758. The molecule has 0 unspecified atom stereocenters. The van der Waals surface area contributed by atoms with Gasteiger partial charge in [0.1, 0.15) is 5.52 Å². The van der Waals surface area contributed by atoms with Crippen LogP contribution in [-0.2, 0) is 13.1 Å². The molecule has 3 rings (SSSR count). The van der Waals surface area contributed by atoms with Crippen LogP contribution in [0.4, 0.5) is 0 Å². The van der Waals surface area contributed by atoms with Crippen LogP contribution in [0.1, 0.15) is 16.8 Å². The van der Waals surface area contributed by atoms with Gasteiger partial charge in [-0.3, -0.25) is 4.68 Å². The van der Waals surface area contributed by atoms with E-state index in [1.54, 1.807) is 23.0 Å². The van der Waals surface area contributed by atoms with Gasteiger partial charge in [0.15, 0.2) is 0 Å². The van der Waals surface area contributed by atoms with Gasteiger partial charge < -0.3 is 5.11 Å². The number of carboxylic acid groups (broad SMARTS) is 1. The van der Waals surface area contributed by atoms with Crippen molar-refractivity contribution in [3.8, 4) is 0 Å². The van der Waals surface area contributed by atoms with E-state index in [0.29, 0.717) is 12.1 Å². The molecule has 0 bridgehead atoms. The van der Waals surface area contributed by atoms with E-state index in [2.05, 4.69) is 15.4 Å². The average molecular weight is 271 g/mol. The smallest absolute Gasteiger partial charge is 0.335 e. The second-order valence-electron chi connectivity index (χ2n) is 4.44. The highest BCUT2D eigenvalue weighted by molar-refractivity contribution is 5.92. The zero-order valence-electron chi connectivity index (χ0n) is 10.7. The Bertz CT molecular complexity index is 732. The van der Waals surface area contributed by atoms with Gasteiger partial charge in [0.25, 0.3) is 0 Å². The molecule has 1 aromatic carbocycles. The predicted molar refractivity (Wildman–Crippen MR) is 71.3 cm³/mol. The highest BCUT2D eigenvalue weighted by atomic mass is 16.4. The van der Waals surface area contributed by atoms with Gasteiger partial charge in [-0.05, 0) is 30.7 Å². The largest absolute Gasteiger partial charge is 0.478 e. The van der Waals surface area contributed by atoms with Gasteiger partial charge in [-0.2, -0.15) is 5.10 Å². The minimum Gasteiger partial charge on any atom is -0.478 e. The van der Waals surface area contributed by atoms with Crippen LogP contribution in [0.3, 0.4) is 0 Å². The minimum atomic E-state index is -0.948. The van der Waals surface area contributed by atoms with Crippen LogP contribution in [0.15, 0.2) is 36.7 Å². The second kappa shape index (κ2) is 5.12. The number of rotatable bonds is 5. The maximum absolute atomic E-state index is 11.0. The summed E-state index contributed by atoms with van der Waals surface area (Å²) in [6, 6.07) is 6.69. The molecule has 3 aromatic rings. The van der Waals surface area contributed by atoms with Crippen molar-refractivity contribution < 1.29 is 9.90 Å². The molecule has 0 spiro atoms. The molecule has 2 heterocycles. The van der Waals surface area contributed by atoms with Crippen molar-refractivity contribution in [2.24, 2.45) is 0 Å². The summed E-state index contributed by atoms with van der Waals surface area (Å²) in [7, 11) is 0. The number of benzene rings is 1. The van der Waals surface area contributed by atoms with Crippen molar-refractivity contribution in [1.29, 1.82) is 0 Å². The lowest BCUT2D eigenvalue weighted by Crippen LogP contribution is -2.06. The van der Waals surface area contributed by atoms with Gasteiger partial charge >= 0.3 is 5.97 Å². The van der Waals surface area contributed by atoms with E-state index in [1.165, 1.54) is 6.07 Å². The zero-order chi connectivity index (χ0) is 13.9. The first-order chi connectivity index (χ1) is 9.74. The van der Waals surface area contributed by atoms with Crippen LogP contribution < -0.4 is 0 Å². The van der Waals surface area contributed by atoms with E-state index >= 15 is 0 Å². The van der Waals surface area contributed by atoms with Crippen molar-refractivity contribution in [3.63, 3.8) is 0 Å². The SMILES string of the molecule is O=C(O)c1ccc2nnn(CCCn3cccn3)c2c1. The topological polar surface area (TPSA) is 85.8 Å². The second-order valence-corrected chi connectivity index (χ2v) is 4.44. The molecule has 20 heavy (non-hydrogen) atoms. The third-order valence-electron chi connectivity index (χ3n) is 3.08. The maximum Gasteiger partial charge on any atom is 0.335 e. The van der Waals surface area contributed by atoms with Crippen LogP contribution >= 0.6 is 0 Å². The number of hydrogen-bond donors (Lipinski definition) is 1. The lowest BCUT2D eigenvalue weighted by Gasteiger charge is -2.03. The molecule has 0 fully saturated rings. The van der Waals surface area contributed by atoms with Gasteiger partial charge in [0, 0.05) is 25.5 Å². The van der Waals surface area contributed by atoms with Gasteiger partial charge in [0.05, 0.1) is 11.1 Å². The highest BCUT2D eigenvalue weighted by Gasteiger charge is 2.09. The molecule has 0 aliphatic carbocycles. The average Bonchev–Trinajstić information content (AvgIpc) is 3.08. The number of aromatic carboxylic acids is 1. The first kappa shape index (κ1) is 12.3. The van der Waals surface area contributed by atoms with Crippen molar-refractivity contribution in [2.75, 3.05) is 0 Å². The Morgan fingerprint density at radius 1 is 1.30 bits per heavy atom. The Morgan fingerprint density at radius 2 is 2.20 bits per heavy atom. The number of hydrogen-bond acceptors (Lipinski definition) is 4. The van der Waals surface area contributed by atoms with Crippen molar-refractivity contribution in [3.05, 3.63) is 42.2 Å². The number of carboxylic acids is 1. The Balaban J connectivity index is 1.77. The number of nitrogens with zero attached hydrogens (tertiary/aromatic N) is 5. The number of carbonyl (C=O) groups is 1. The van der Waals surface area contributed by atoms with Gasteiger partial charge in [0.2, 0.25) is 0 Å². The fourth-order valence-electron chi connectivity index (χ4n) is 2.08. The van der Waals surface area contributed by atoms with Crippen molar-refractivity contribution in [1.82, 2.24) is 24.8 Å². The molecule has 0 saturated carbocycles. The number of aromatic nitrogens is 5. The molecule has 7 heteroatoms. The maximum atomic E-state index is 11.0. The summed E-state index contributed by atoms with van der Waals surface area (Å²) in [4.78, 5) is 11.0. The van der Waals surface area contributed by atoms with Crippen LogP contribution in [0.2, 0.25) is 0 Å². The molecule has 0 saturated heterocycles. The van der Waals surface area contributed by atoms with E-state index in [4.69, 9.17) is 5.11 Å². The zero-order valence-corrected chi connectivity index (χ0v) is 10.7. The summed E-state index contributed by atoms with van der Waals surface area (Å²) in [5.41, 5.74) is 1.69. The molecule has 0 atom stereocenters. The van der Waals surface area contributed by atoms with E-state index in [1.807, 2.05) is 16.9 Å². The molecule has 2 aromatic heterocycles. The Hall–Kier alpha value is -2.70. The molecule has 0 aliphatic rings. The summed E-state index contributed by atoms with van der Waals surface area (Å²) in [5.74, 6) is -0.948.